The highest BCUT2D eigenvalue weighted by atomic mass is 35.5. The van der Waals surface area contributed by atoms with Crippen molar-refractivity contribution < 1.29 is 0 Å². The summed E-state index contributed by atoms with van der Waals surface area (Å²) in [5.41, 5.74) is 4.35. The lowest BCUT2D eigenvalue weighted by molar-refractivity contribution is 0.0764. The Bertz CT molecular complexity index is 494. The number of hydrogen-bond donors (Lipinski definition) is 2. The maximum Gasteiger partial charge on any atom is 0.0644 e. The van der Waals surface area contributed by atoms with E-state index in [9.17, 15) is 0 Å². The average Bonchev–Trinajstić information content (AvgIpc) is 3.15. The van der Waals surface area contributed by atoms with Gasteiger partial charge in [-0.1, -0.05) is 42.1 Å². The van der Waals surface area contributed by atoms with Crippen LogP contribution < -0.4 is 11.3 Å². The van der Waals surface area contributed by atoms with Crippen LogP contribution in [0.15, 0.2) is 18.2 Å². The van der Waals surface area contributed by atoms with E-state index in [-0.39, 0.29) is 11.6 Å². The van der Waals surface area contributed by atoms with E-state index in [2.05, 4.69) is 16.4 Å². The molecule has 3 nitrogen and oxygen atoms in total. The zero-order chi connectivity index (χ0) is 14.9. The molecule has 5 heteroatoms. The molecule has 1 saturated heterocycles. The molecule has 1 aliphatic heterocycles. The topological polar surface area (TPSA) is 41.3 Å². The van der Waals surface area contributed by atoms with Crippen molar-refractivity contribution in [3.05, 3.63) is 33.8 Å². The third-order valence-electron chi connectivity index (χ3n) is 5.19. The highest BCUT2D eigenvalue weighted by Crippen LogP contribution is 2.46. The van der Waals surface area contributed by atoms with Crippen molar-refractivity contribution in [3.63, 3.8) is 0 Å². The van der Waals surface area contributed by atoms with Crippen LogP contribution in [0.5, 0.6) is 0 Å². The first kappa shape index (κ1) is 15.6. The van der Waals surface area contributed by atoms with Gasteiger partial charge in [0.2, 0.25) is 0 Å². The summed E-state index contributed by atoms with van der Waals surface area (Å²) in [6, 6.07) is 5.99. The molecule has 0 aromatic heterocycles. The Kier molecular flexibility index (Phi) is 4.77. The third kappa shape index (κ3) is 2.82. The van der Waals surface area contributed by atoms with E-state index in [0.29, 0.717) is 10.0 Å². The Morgan fingerprint density at radius 3 is 2.29 bits per heavy atom. The number of nitrogens with two attached hydrogens (primary N) is 1. The molecule has 1 saturated carbocycles. The molecule has 0 spiro atoms. The molecule has 3 N–H and O–H groups in total. The summed E-state index contributed by atoms with van der Waals surface area (Å²) in [7, 11) is 0. The van der Waals surface area contributed by atoms with Crippen molar-refractivity contribution in [2.45, 2.75) is 50.1 Å². The molecule has 0 radical (unpaired) electrons. The van der Waals surface area contributed by atoms with Gasteiger partial charge in [-0.05, 0) is 56.5 Å². The second-order valence-electron chi connectivity index (χ2n) is 6.28. The molecule has 1 aromatic carbocycles. The lowest BCUT2D eigenvalue weighted by Crippen LogP contribution is -2.55. The van der Waals surface area contributed by atoms with Crippen molar-refractivity contribution in [1.29, 1.82) is 0 Å². The Morgan fingerprint density at radius 1 is 1.05 bits per heavy atom. The van der Waals surface area contributed by atoms with Gasteiger partial charge in [0.1, 0.15) is 0 Å². The number of hydrogen-bond acceptors (Lipinski definition) is 3. The number of benzene rings is 1. The zero-order valence-electron chi connectivity index (χ0n) is 12.2. The summed E-state index contributed by atoms with van der Waals surface area (Å²) >= 11 is 12.3. The fourth-order valence-electron chi connectivity index (χ4n) is 4.19. The van der Waals surface area contributed by atoms with Crippen LogP contribution in [-0.4, -0.2) is 23.5 Å². The fraction of sp³-hybridized carbons (Fsp3) is 0.625. The van der Waals surface area contributed by atoms with E-state index < -0.39 is 0 Å². The van der Waals surface area contributed by atoms with Gasteiger partial charge in [0.15, 0.2) is 0 Å². The fourth-order valence-corrected chi connectivity index (χ4v) is 4.50. The monoisotopic (exact) mass is 327 g/mol. The van der Waals surface area contributed by atoms with Crippen LogP contribution in [0.1, 0.15) is 50.1 Å². The van der Waals surface area contributed by atoms with Gasteiger partial charge in [-0.15, -0.1) is 0 Å². The van der Waals surface area contributed by atoms with Crippen molar-refractivity contribution >= 4 is 23.2 Å². The van der Waals surface area contributed by atoms with E-state index in [1.165, 1.54) is 51.6 Å². The van der Waals surface area contributed by atoms with E-state index >= 15 is 0 Å². The molecule has 1 aliphatic carbocycles. The van der Waals surface area contributed by atoms with E-state index in [4.69, 9.17) is 29.0 Å². The summed E-state index contributed by atoms with van der Waals surface area (Å²) in [6.45, 7) is 2.36. The van der Waals surface area contributed by atoms with E-state index in [0.717, 1.165) is 5.56 Å². The minimum atomic E-state index is 0.105. The smallest absolute Gasteiger partial charge is 0.0644 e. The molecule has 0 bridgehead atoms. The molecule has 2 aliphatic rings. The predicted octanol–water partition coefficient (Wildman–Crippen LogP) is 3.91. The van der Waals surface area contributed by atoms with Crippen LogP contribution in [0, 0.1) is 0 Å². The van der Waals surface area contributed by atoms with Gasteiger partial charge in [0.25, 0.3) is 0 Å². The first-order chi connectivity index (χ1) is 10.2. The molecular weight excluding hydrogens is 305 g/mol. The molecule has 1 atom stereocenters. The highest BCUT2D eigenvalue weighted by molar-refractivity contribution is 6.42. The second-order valence-corrected chi connectivity index (χ2v) is 7.09. The van der Waals surface area contributed by atoms with E-state index in [1.54, 1.807) is 0 Å². The Hall–Kier alpha value is -0.320. The minimum absolute atomic E-state index is 0.105. The third-order valence-corrected chi connectivity index (χ3v) is 5.93. The molecule has 21 heavy (non-hydrogen) atoms. The number of halogens is 2. The van der Waals surface area contributed by atoms with Gasteiger partial charge in [0, 0.05) is 5.54 Å². The second kappa shape index (κ2) is 6.43. The largest absolute Gasteiger partial charge is 0.296 e. The lowest BCUT2D eigenvalue weighted by atomic mass is 9.82. The summed E-state index contributed by atoms with van der Waals surface area (Å²) in [6.07, 6.45) is 7.52. The van der Waals surface area contributed by atoms with Crippen molar-refractivity contribution in [3.8, 4) is 0 Å². The Morgan fingerprint density at radius 2 is 1.71 bits per heavy atom. The van der Waals surface area contributed by atoms with Gasteiger partial charge in [0.05, 0.1) is 16.1 Å². The number of rotatable bonds is 4. The van der Waals surface area contributed by atoms with Gasteiger partial charge in [-0.3, -0.25) is 16.2 Å². The highest BCUT2D eigenvalue weighted by Gasteiger charge is 2.47. The molecule has 116 valence electrons. The van der Waals surface area contributed by atoms with Crippen LogP contribution in [-0.2, 0) is 0 Å². The van der Waals surface area contributed by atoms with Crippen molar-refractivity contribution in [2.24, 2.45) is 5.84 Å². The quantitative estimate of drug-likeness (QED) is 0.650. The van der Waals surface area contributed by atoms with Crippen LogP contribution in [0.4, 0.5) is 0 Å². The molecule has 1 heterocycles. The first-order valence-electron chi connectivity index (χ1n) is 7.83. The van der Waals surface area contributed by atoms with Gasteiger partial charge in [-0.2, -0.15) is 0 Å². The maximum atomic E-state index is 6.21. The van der Waals surface area contributed by atoms with Gasteiger partial charge >= 0.3 is 0 Å². The number of nitrogens with one attached hydrogen (secondary N) is 1. The number of likely N-dealkylation sites (tertiary alicyclic amines) is 1. The van der Waals surface area contributed by atoms with Crippen LogP contribution >= 0.6 is 23.2 Å². The molecule has 0 amide bonds. The summed E-state index contributed by atoms with van der Waals surface area (Å²) < 4.78 is 0. The molecule has 1 aromatic rings. The minimum Gasteiger partial charge on any atom is -0.296 e. The first-order valence-corrected chi connectivity index (χ1v) is 8.59. The number of hydrazine groups is 1. The average molecular weight is 328 g/mol. The van der Waals surface area contributed by atoms with Crippen LogP contribution in [0.25, 0.3) is 0 Å². The van der Waals surface area contributed by atoms with E-state index in [1.807, 2.05) is 12.1 Å². The van der Waals surface area contributed by atoms with Crippen LogP contribution in [0.3, 0.4) is 0 Å². The van der Waals surface area contributed by atoms with Crippen LogP contribution in [0.2, 0.25) is 10.0 Å². The SMILES string of the molecule is NNC(c1ccc(Cl)c(Cl)c1)C1(N2CCCC2)CCCC1. The summed E-state index contributed by atoms with van der Waals surface area (Å²) in [5, 5.41) is 1.20. The Balaban J connectivity index is 1.96. The zero-order valence-corrected chi connectivity index (χ0v) is 13.8. The van der Waals surface area contributed by atoms with Crippen molar-refractivity contribution in [2.75, 3.05) is 13.1 Å². The summed E-state index contributed by atoms with van der Waals surface area (Å²) in [4.78, 5) is 2.65. The normalized spacial score (nSPS) is 23.6. The Labute approximate surface area is 136 Å². The molecule has 2 fully saturated rings. The molecule has 3 rings (SSSR count). The maximum absolute atomic E-state index is 6.21. The number of nitrogens with zero attached hydrogens (tertiary/aromatic N) is 1. The van der Waals surface area contributed by atoms with Crippen molar-refractivity contribution in [1.82, 2.24) is 10.3 Å². The molecule has 1 unspecified atom stereocenters. The standard InChI is InChI=1S/C16H23Cl2N3/c17-13-6-5-12(11-14(13)18)15(20-19)16(7-1-2-8-16)21-9-3-4-10-21/h5-6,11,15,20H,1-4,7-10,19H2. The predicted molar refractivity (Wildman–Crippen MR) is 88.5 cm³/mol. The van der Waals surface area contributed by atoms with Gasteiger partial charge < -0.3 is 0 Å². The molecular formula is C16H23Cl2N3. The lowest BCUT2D eigenvalue weighted by Gasteiger charge is -2.45. The van der Waals surface area contributed by atoms with Gasteiger partial charge in [-0.25, -0.2) is 0 Å². The summed E-state index contributed by atoms with van der Waals surface area (Å²) in [5.74, 6) is 5.97.